The van der Waals surface area contributed by atoms with Crippen molar-refractivity contribution in [3.8, 4) is 0 Å². The molecule has 7 nitrogen and oxygen atoms in total. The minimum absolute atomic E-state index is 0.0131. The van der Waals surface area contributed by atoms with Crippen LogP contribution in [-0.4, -0.2) is 63.2 Å². The molecule has 1 aromatic heterocycles. The molecule has 1 atom stereocenters. The highest BCUT2D eigenvalue weighted by Crippen LogP contribution is 2.31. The number of fused-ring (bicyclic) bond motifs is 1. The number of carbonyl (C=O) groups excluding carboxylic acids is 2. The summed E-state index contributed by atoms with van der Waals surface area (Å²) in [6, 6.07) is 10.4. The molecule has 1 aromatic carbocycles. The Bertz CT molecular complexity index is 881. The average Bonchev–Trinajstić information content (AvgIpc) is 3.42. The molecular formula is C22H28N4O3S. The highest BCUT2D eigenvalue weighted by molar-refractivity contribution is 7.09. The van der Waals surface area contributed by atoms with Crippen LogP contribution in [0.1, 0.15) is 22.0 Å². The van der Waals surface area contributed by atoms with Crippen molar-refractivity contribution in [2.24, 2.45) is 0 Å². The van der Waals surface area contributed by atoms with E-state index in [0.717, 1.165) is 30.9 Å². The van der Waals surface area contributed by atoms with E-state index in [1.54, 1.807) is 11.3 Å². The zero-order valence-corrected chi connectivity index (χ0v) is 18.0. The van der Waals surface area contributed by atoms with Crippen LogP contribution in [0, 0.1) is 0 Å². The van der Waals surface area contributed by atoms with Crippen molar-refractivity contribution >= 4 is 28.8 Å². The summed E-state index contributed by atoms with van der Waals surface area (Å²) in [5.41, 5.74) is 3.79. The van der Waals surface area contributed by atoms with Gasteiger partial charge in [-0.3, -0.25) is 14.5 Å². The summed E-state index contributed by atoms with van der Waals surface area (Å²) in [6.45, 7) is 4.76. The number of hydrogen-bond acceptors (Lipinski definition) is 6. The van der Waals surface area contributed by atoms with Crippen LogP contribution in [0.2, 0.25) is 0 Å². The molecule has 0 spiro atoms. The van der Waals surface area contributed by atoms with Gasteiger partial charge in [-0.25, -0.2) is 0 Å². The first-order valence-electron chi connectivity index (χ1n) is 10.4. The second kappa shape index (κ2) is 9.59. The maximum Gasteiger partial charge on any atom is 0.309 e. The number of hydrogen-bond donors (Lipinski definition) is 2. The number of rotatable bonds is 6. The molecule has 0 unspecified atom stereocenters. The van der Waals surface area contributed by atoms with Gasteiger partial charge in [-0.2, -0.15) is 0 Å². The average molecular weight is 429 g/mol. The van der Waals surface area contributed by atoms with Crippen molar-refractivity contribution in [2.45, 2.75) is 19.0 Å². The van der Waals surface area contributed by atoms with Crippen LogP contribution in [0.15, 0.2) is 35.7 Å². The Balaban J connectivity index is 1.41. The van der Waals surface area contributed by atoms with Gasteiger partial charge < -0.3 is 20.3 Å². The molecule has 2 aliphatic rings. The van der Waals surface area contributed by atoms with Crippen molar-refractivity contribution in [1.82, 2.24) is 15.5 Å². The third-order valence-electron chi connectivity index (χ3n) is 5.77. The first-order valence-corrected chi connectivity index (χ1v) is 11.2. The fraction of sp³-hybridized carbons (Fsp3) is 0.455. The molecule has 0 bridgehead atoms. The van der Waals surface area contributed by atoms with Crippen LogP contribution in [0.3, 0.4) is 0 Å². The minimum atomic E-state index is -0.597. The number of amides is 2. The molecule has 0 aliphatic carbocycles. The summed E-state index contributed by atoms with van der Waals surface area (Å²) in [5.74, 6) is -1.19. The topological polar surface area (TPSA) is 73.9 Å². The number of carbonyl (C=O) groups is 2. The van der Waals surface area contributed by atoms with E-state index < -0.39 is 11.8 Å². The molecule has 160 valence electrons. The fourth-order valence-electron chi connectivity index (χ4n) is 4.07. The summed E-state index contributed by atoms with van der Waals surface area (Å²) < 4.78 is 5.51. The van der Waals surface area contributed by atoms with Gasteiger partial charge in [0.05, 0.1) is 25.8 Å². The second-order valence-corrected chi connectivity index (χ2v) is 8.73. The zero-order valence-electron chi connectivity index (χ0n) is 17.2. The van der Waals surface area contributed by atoms with E-state index in [4.69, 9.17) is 4.74 Å². The summed E-state index contributed by atoms with van der Waals surface area (Å²) in [4.78, 5) is 30.2. The van der Waals surface area contributed by atoms with Gasteiger partial charge in [-0.1, -0.05) is 18.2 Å². The molecule has 8 heteroatoms. The van der Waals surface area contributed by atoms with Crippen LogP contribution in [0.4, 0.5) is 5.69 Å². The maximum atomic E-state index is 12.4. The number of benzene rings is 1. The first-order chi connectivity index (χ1) is 14.6. The quantitative estimate of drug-likeness (QED) is 0.683. The van der Waals surface area contributed by atoms with Crippen molar-refractivity contribution < 1.29 is 14.3 Å². The molecule has 0 radical (unpaired) electrons. The van der Waals surface area contributed by atoms with E-state index in [0.29, 0.717) is 26.3 Å². The fourth-order valence-corrected chi connectivity index (χ4v) is 4.72. The smallest absolute Gasteiger partial charge is 0.309 e. The van der Waals surface area contributed by atoms with E-state index in [9.17, 15) is 9.59 Å². The van der Waals surface area contributed by atoms with Crippen LogP contribution in [0.5, 0.6) is 0 Å². The van der Waals surface area contributed by atoms with Gasteiger partial charge in [0.25, 0.3) is 0 Å². The Labute approximate surface area is 181 Å². The van der Waals surface area contributed by atoms with Crippen LogP contribution in [-0.2, 0) is 27.3 Å². The van der Waals surface area contributed by atoms with E-state index in [-0.39, 0.29) is 6.04 Å². The molecule has 1 fully saturated rings. The third-order valence-corrected chi connectivity index (χ3v) is 6.64. The number of nitrogens with one attached hydrogen (secondary N) is 2. The van der Waals surface area contributed by atoms with Gasteiger partial charge in [-0.15, -0.1) is 11.3 Å². The normalized spacial score (nSPS) is 17.4. The molecular weight excluding hydrogens is 400 g/mol. The summed E-state index contributed by atoms with van der Waals surface area (Å²) in [7, 11) is 2.11. The predicted octanol–water partition coefficient (Wildman–Crippen LogP) is 1.55. The van der Waals surface area contributed by atoms with E-state index in [1.165, 1.54) is 16.8 Å². The predicted molar refractivity (Wildman–Crippen MR) is 118 cm³/mol. The largest absolute Gasteiger partial charge is 0.379 e. The monoisotopic (exact) mass is 428 g/mol. The van der Waals surface area contributed by atoms with Crippen molar-refractivity contribution in [3.63, 3.8) is 0 Å². The Morgan fingerprint density at radius 3 is 2.70 bits per heavy atom. The van der Waals surface area contributed by atoms with Crippen molar-refractivity contribution in [1.29, 1.82) is 0 Å². The molecule has 30 heavy (non-hydrogen) atoms. The Morgan fingerprint density at radius 1 is 1.13 bits per heavy atom. The molecule has 2 amide bonds. The second-order valence-electron chi connectivity index (χ2n) is 7.70. The molecule has 2 aliphatic heterocycles. The molecule has 3 heterocycles. The number of likely N-dealkylation sites (N-methyl/N-ethyl adjacent to an activating group) is 1. The highest BCUT2D eigenvalue weighted by Gasteiger charge is 2.26. The third kappa shape index (κ3) is 4.83. The molecule has 2 N–H and O–H groups in total. The Hall–Kier alpha value is -2.42. The van der Waals surface area contributed by atoms with Gasteiger partial charge in [0, 0.05) is 43.8 Å². The maximum absolute atomic E-state index is 12.4. The first kappa shape index (κ1) is 20.8. The molecule has 0 saturated carbocycles. The number of anilines is 1. The lowest BCUT2D eigenvalue weighted by molar-refractivity contribution is -0.139. The van der Waals surface area contributed by atoms with Gasteiger partial charge in [0.2, 0.25) is 0 Å². The van der Waals surface area contributed by atoms with Gasteiger partial charge in [0.1, 0.15) is 0 Å². The summed E-state index contributed by atoms with van der Waals surface area (Å²) in [5, 5.41) is 7.48. The Morgan fingerprint density at radius 2 is 1.93 bits per heavy atom. The lowest BCUT2D eigenvalue weighted by Gasteiger charge is -2.35. The number of nitrogens with zero attached hydrogens (tertiary/aromatic N) is 2. The highest BCUT2D eigenvalue weighted by atomic mass is 32.1. The lowest BCUT2D eigenvalue weighted by atomic mass is 10.0. The number of ether oxygens (including phenoxy) is 1. The minimum Gasteiger partial charge on any atom is -0.379 e. The van der Waals surface area contributed by atoms with Gasteiger partial charge in [0.15, 0.2) is 0 Å². The summed E-state index contributed by atoms with van der Waals surface area (Å²) in [6.07, 6.45) is 1.03. The molecule has 2 aromatic rings. The van der Waals surface area contributed by atoms with Gasteiger partial charge in [-0.05, 0) is 35.1 Å². The van der Waals surface area contributed by atoms with E-state index >= 15 is 0 Å². The number of thiophene rings is 1. The van der Waals surface area contributed by atoms with Gasteiger partial charge >= 0.3 is 11.8 Å². The molecule has 4 rings (SSSR count). The number of morpholine rings is 1. The van der Waals surface area contributed by atoms with Crippen molar-refractivity contribution in [2.75, 3.05) is 51.3 Å². The molecule has 1 saturated heterocycles. The Kier molecular flexibility index (Phi) is 6.66. The van der Waals surface area contributed by atoms with Crippen LogP contribution >= 0.6 is 11.3 Å². The lowest BCUT2D eigenvalue weighted by Crippen LogP contribution is -2.46. The zero-order chi connectivity index (χ0) is 20.9. The SMILES string of the molecule is CN1CCc2cc([C@@H](CNC(=O)C(=O)NCc3cccs3)N3CCOCC3)ccc21. The van der Waals surface area contributed by atoms with E-state index in [2.05, 4.69) is 45.7 Å². The van der Waals surface area contributed by atoms with Crippen molar-refractivity contribution in [3.05, 3.63) is 51.7 Å². The van der Waals surface area contributed by atoms with Crippen LogP contribution < -0.4 is 15.5 Å². The van der Waals surface area contributed by atoms with Crippen LogP contribution in [0.25, 0.3) is 0 Å². The summed E-state index contributed by atoms with van der Waals surface area (Å²) >= 11 is 1.55. The standard InChI is InChI=1S/C22H28N4O3S/c1-25-7-6-17-13-16(4-5-19(17)25)20(26-8-10-29-11-9-26)15-24-22(28)21(27)23-14-18-3-2-12-30-18/h2-5,12-13,20H,6-11,14-15H2,1H3,(H,23,27)(H,24,28)/t20-/m1/s1. The van der Waals surface area contributed by atoms with E-state index in [1.807, 2.05) is 17.5 Å².